The summed E-state index contributed by atoms with van der Waals surface area (Å²) in [7, 11) is 1.64. The second-order valence-electron chi connectivity index (χ2n) is 8.53. The maximum atomic E-state index is 13.7. The summed E-state index contributed by atoms with van der Waals surface area (Å²) in [6.07, 6.45) is 6.17. The van der Waals surface area contributed by atoms with Crippen molar-refractivity contribution in [1.29, 1.82) is 0 Å². The number of ether oxygens (including phenoxy) is 2. The first kappa shape index (κ1) is 22.4. The molecule has 8 nitrogen and oxygen atoms in total. The number of amides is 1. The fraction of sp³-hybridized carbons (Fsp3) is 0.391. The summed E-state index contributed by atoms with van der Waals surface area (Å²) in [4.78, 5) is 15.5. The lowest BCUT2D eigenvalue weighted by Crippen LogP contribution is -2.55. The van der Waals surface area contributed by atoms with Gasteiger partial charge in [0.05, 0.1) is 36.0 Å². The number of methoxy groups -OCH3 is 1. The van der Waals surface area contributed by atoms with E-state index in [0.29, 0.717) is 37.7 Å². The topological polar surface area (TPSA) is 109 Å². The number of nitrogens with zero attached hydrogens (tertiary/aromatic N) is 3. The average molecular weight is 502 g/mol. The van der Waals surface area contributed by atoms with Crippen molar-refractivity contribution in [2.45, 2.75) is 32.2 Å². The molecule has 1 aliphatic heterocycles. The molecule has 1 amide bonds. The number of carbonyl (C=O) groups excluding carboxylic acids is 1. The van der Waals surface area contributed by atoms with Crippen LogP contribution < -0.4 is 16.2 Å². The Labute approximate surface area is 196 Å². The van der Waals surface area contributed by atoms with Crippen molar-refractivity contribution in [2.24, 2.45) is 11.5 Å². The van der Waals surface area contributed by atoms with Crippen LogP contribution in [0.3, 0.4) is 0 Å². The Morgan fingerprint density at radius 2 is 2.12 bits per heavy atom. The molecule has 4 rings (SSSR count). The van der Waals surface area contributed by atoms with Gasteiger partial charge in [-0.3, -0.25) is 4.79 Å². The summed E-state index contributed by atoms with van der Waals surface area (Å²) in [6.45, 7) is 5.53. The van der Waals surface area contributed by atoms with E-state index >= 15 is 0 Å². The zero-order valence-electron chi connectivity index (χ0n) is 18.5. The lowest BCUT2D eigenvalue weighted by Gasteiger charge is -2.41. The zero-order chi connectivity index (χ0) is 23.0. The molecule has 2 heterocycles. The van der Waals surface area contributed by atoms with Gasteiger partial charge in [0.25, 0.3) is 5.91 Å². The summed E-state index contributed by atoms with van der Waals surface area (Å²) < 4.78 is 13.5. The van der Waals surface area contributed by atoms with E-state index in [9.17, 15) is 4.79 Å². The molecule has 9 heteroatoms. The van der Waals surface area contributed by atoms with Crippen LogP contribution in [0.4, 0.5) is 0 Å². The molecule has 0 spiro atoms. The molecule has 4 N–H and O–H groups in total. The normalized spacial score (nSPS) is 17.9. The molecule has 0 radical (unpaired) electrons. The van der Waals surface area contributed by atoms with E-state index in [0.717, 1.165) is 39.0 Å². The molecule has 0 saturated carbocycles. The van der Waals surface area contributed by atoms with Gasteiger partial charge in [0.1, 0.15) is 11.6 Å². The molecule has 1 aromatic carbocycles. The van der Waals surface area contributed by atoms with Gasteiger partial charge in [-0.1, -0.05) is 0 Å². The van der Waals surface area contributed by atoms with Gasteiger partial charge in [-0.25, -0.2) is 4.68 Å². The first-order valence-electron chi connectivity index (χ1n) is 10.5. The molecule has 1 saturated heterocycles. The number of allylic oxidation sites excluding steroid dienone is 2. The second kappa shape index (κ2) is 8.63. The van der Waals surface area contributed by atoms with Gasteiger partial charge in [-0.05, 0) is 78.7 Å². The number of carbonyl (C=O) groups is 1. The van der Waals surface area contributed by atoms with Crippen LogP contribution in [0.2, 0.25) is 0 Å². The van der Waals surface area contributed by atoms with Gasteiger partial charge in [0.2, 0.25) is 0 Å². The van der Waals surface area contributed by atoms with E-state index in [-0.39, 0.29) is 5.91 Å². The quantitative estimate of drug-likeness (QED) is 0.623. The Morgan fingerprint density at radius 1 is 1.34 bits per heavy atom. The van der Waals surface area contributed by atoms with Crippen LogP contribution in [0.25, 0.3) is 17.1 Å². The predicted octanol–water partition coefficient (Wildman–Crippen LogP) is 2.90. The molecule has 0 unspecified atom stereocenters. The number of aryl methyl sites for hydroxylation is 1. The van der Waals surface area contributed by atoms with E-state index in [4.69, 9.17) is 26.0 Å². The molecule has 170 valence electrons. The van der Waals surface area contributed by atoms with Crippen molar-refractivity contribution in [2.75, 3.05) is 26.9 Å². The summed E-state index contributed by atoms with van der Waals surface area (Å²) in [5, 5.41) is 4.73. The molecule has 0 atom stereocenters. The van der Waals surface area contributed by atoms with Crippen LogP contribution in [-0.4, -0.2) is 53.0 Å². The molecular weight excluding hydrogens is 474 g/mol. The minimum atomic E-state index is -0.418. The Bertz CT molecular complexity index is 1120. The highest BCUT2D eigenvalue weighted by Gasteiger charge is 2.38. The lowest BCUT2D eigenvalue weighted by atomic mass is 9.88. The van der Waals surface area contributed by atoms with Crippen LogP contribution in [0.15, 0.2) is 35.0 Å². The van der Waals surface area contributed by atoms with Gasteiger partial charge in [0, 0.05) is 17.7 Å². The number of aromatic nitrogens is 2. The highest BCUT2D eigenvalue weighted by molar-refractivity contribution is 9.10. The minimum absolute atomic E-state index is 0.105. The van der Waals surface area contributed by atoms with Gasteiger partial charge >= 0.3 is 0 Å². The molecule has 0 bridgehead atoms. The Kier molecular flexibility index (Phi) is 6.05. The third-order valence-electron chi connectivity index (χ3n) is 5.98. The van der Waals surface area contributed by atoms with E-state index in [2.05, 4.69) is 15.9 Å². The van der Waals surface area contributed by atoms with Crippen molar-refractivity contribution >= 4 is 27.7 Å². The Balaban J connectivity index is 1.90. The largest absolute Gasteiger partial charge is 0.496 e. The van der Waals surface area contributed by atoms with E-state index in [1.165, 1.54) is 6.20 Å². The highest BCUT2D eigenvalue weighted by atomic mass is 79.9. The maximum absolute atomic E-state index is 13.7. The molecule has 1 fully saturated rings. The summed E-state index contributed by atoms with van der Waals surface area (Å²) in [6, 6.07) is 4.02. The summed E-state index contributed by atoms with van der Waals surface area (Å²) >= 11 is 3.59. The predicted molar refractivity (Wildman–Crippen MR) is 127 cm³/mol. The van der Waals surface area contributed by atoms with E-state index < -0.39 is 5.54 Å². The number of hydrogen-bond acceptors (Lipinski definition) is 6. The molecular formula is C23H28BrN5O3. The molecule has 32 heavy (non-hydrogen) atoms. The lowest BCUT2D eigenvalue weighted by molar-refractivity contribution is -0.0373. The minimum Gasteiger partial charge on any atom is -0.496 e. The standard InChI is InChI=1S/C23H28BrN5O3/c1-23(2)13-32-10-9-28(23)22(30)20-15-7-6-14-11-18(31-3)17(24)12-16(14)21(15)29(27-20)19(26)5-4-8-25/h4-5,8,11-12H,6-7,9-10,13,25-26H2,1-3H3/b8-4-,19-5+. The second-order valence-corrected chi connectivity index (χ2v) is 9.38. The smallest absolute Gasteiger partial charge is 0.275 e. The van der Waals surface area contributed by atoms with Gasteiger partial charge in [-0.15, -0.1) is 0 Å². The number of hydrogen-bond donors (Lipinski definition) is 2. The summed E-state index contributed by atoms with van der Waals surface area (Å²) in [5.74, 6) is 1.04. The van der Waals surface area contributed by atoms with Crippen LogP contribution in [-0.2, 0) is 17.6 Å². The maximum Gasteiger partial charge on any atom is 0.275 e. The number of fused-ring (bicyclic) bond motifs is 3. The fourth-order valence-corrected chi connectivity index (χ4v) is 4.85. The highest BCUT2D eigenvalue weighted by Crippen LogP contribution is 2.41. The SMILES string of the molecule is COc1cc2c(cc1Br)-c1c(c(C(=O)N3CCOCC3(C)C)nn1/C(N)=C/C=C\N)CC2. The van der Waals surface area contributed by atoms with Gasteiger partial charge in [-0.2, -0.15) is 5.10 Å². The van der Waals surface area contributed by atoms with Crippen molar-refractivity contribution in [1.82, 2.24) is 14.7 Å². The molecule has 2 aromatic rings. The van der Waals surface area contributed by atoms with Crippen molar-refractivity contribution in [3.8, 4) is 17.0 Å². The Hall–Kier alpha value is -2.78. The van der Waals surface area contributed by atoms with Crippen molar-refractivity contribution < 1.29 is 14.3 Å². The third kappa shape index (κ3) is 3.80. The fourth-order valence-electron chi connectivity index (χ4n) is 4.35. The van der Waals surface area contributed by atoms with Crippen LogP contribution in [0.1, 0.15) is 35.5 Å². The summed E-state index contributed by atoms with van der Waals surface area (Å²) in [5.41, 5.74) is 15.7. The Morgan fingerprint density at radius 3 is 2.81 bits per heavy atom. The first-order chi connectivity index (χ1) is 15.3. The van der Waals surface area contributed by atoms with Crippen molar-refractivity contribution in [3.05, 3.63) is 51.8 Å². The van der Waals surface area contributed by atoms with E-state index in [1.54, 1.807) is 23.9 Å². The molecule has 1 aromatic heterocycles. The van der Waals surface area contributed by atoms with Gasteiger partial charge in [0.15, 0.2) is 5.69 Å². The number of benzene rings is 1. The average Bonchev–Trinajstić information content (AvgIpc) is 3.16. The van der Waals surface area contributed by atoms with Crippen LogP contribution >= 0.6 is 15.9 Å². The number of morpholine rings is 1. The number of rotatable bonds is 4. The molecule has 1 aliphatic carbocycles. The van der Waals surface area contributed by atoms with E-state index in [1.807, 2.05) is 30.9 Å². The molecule has 2 aliphatic rings. The monoisotopic (exact) mass is 501 g/mol. The first-order valence-corrected chi connectivity index (χ1v) is 11.3. The van der Waals surface area contributed by atoms with Crippen LogP contribution in [0.5, 0.6) is 5.75 Å². The van der Waals surface area contributed by atoms with Gasteiger partial charge < -0.3 is 25.8 Å². The number of nitrogens with two attached hydrogens (primary N) is 2. The zero-order valence-corrected chi connectivity index (χ0v) is 20.1. The van der Waals surface area contributed by atoms with Crippen LogP contribution in [0, 0.1) is 0 Å². The number of halogens is 1. The van der Waals surface area contributed by atoms with Crippen molar-refractivity contribution in [3.63, 3.8) is 0 Å². The third-order valence-corrected chi connectivity index (χ3v) is 6.60.